The van der Waals surface area contributed by atoms with Gasteiger partial charge >= 0.3 is 0 Å². The number of aromatic hydroxyl groups is 1. The summed E-state index contributed by atoms with van der Waals surface area (Å²) in [5.74, 6) is 0.281. The summed E-state index contributed by atoms with van der Waals surface area (Å²) >= 11 is 1.32. The Labute approximate surface area is 194 Å². The van der Waals surface area contributed by atoms with Crippen molar-refractivity contribution in [1.29, 1.82) is 0 Å². The summed E-state index contributed by atoms with van der Waals surface area (Å²) in [5.41, 5.74) is 1.43. The quantitative estimate of drug-likeness (QED) is 0.315. The van der Waals surface area contributed by atoms with Gasteiger partial charge in [-0.05, 0) is 32.0 Å². The highest BCUT2D eigenvalue weighted by molar-refractivity contribution is 7.99. The van der Waals surface area contributed by atoms with E-state index in [-0.39, 0.29) is 22.1 Å². The van der Waals surface area contributed by atoms with Crippen LogP contribution in [0.2, 0.25) is 0 Å². The third-order valence-electron chi connectivity index (χ3n) is 5.28. The molecule has 2 heterocycles. The van der Waals surface area contributed by atoms with Crippen molar-refractivity contribution in [3.05, 3.63) is 78.3 Å². The summed E-state index contributed by atoms with van der Waals surface area (Å²) in [4.78, 5) is 5.83. The SMILES string of the molecule is Cc1noc(C)c1S(=O)(=O)Nc1cc(Sc2cccc3cccnc23)c(O)c2ccccc12. The van der Waals surface area contributed by atoms with Gasteiger partial charge in [0.1, 0.15) is 11.4 Å². The van der Waals surface area contributed by atoms with Gasteiger partial charge in [0.25, 0.3) is 10.0 Å². The molecule has 166 valence electrons. The molecule has 0 saturated heterocycles. The molecule has 0 aliphatic rings. The van der Waals surface area contributed by atoms with E-state index in [0.717, 1.165) is 15.8 Å². The van der Waals surface area contributed by atoms with Gasteiger partial charge in [0.05, 0.1) is 16.1 Å². The molecule has 3 aromatic carbocycles. The summed E-state index contributed by atoms with van der Waals surface area (Å²) in [6.45, 7) is 3.13. The molecule has 0 fully saturated rings. The van der Waals surface area contributed by atoms with E-state index in [4.69, 9.17) is 4.52 Å². The van der Waals surface area contributed by atoms with E-state index in [1.165, 1.54) is 11.8 Å². The van der Waals surface area contributed by atoms with Crippen LogP contribution in [0.5, 0.6) is 5.75 Å². The van der Waals surface area contributed by atoms with E-state index >= 15 is 0 Å². The zero-order valence-electron chi connectivity index (χ0n) is 17.7. The molecule has 0 radical (unpaired) electrons. The topological polar surface area (TPSA) is 105 Å². The molecule has 9 heteroatoms. The highest BCUT2D eigenvalue weighted by Gasteiger charge is 2.26. The largest absolute Gasteiger partial charge is 0.506 e. The van der Waals surface area contributed by atoms with Crippen LogP contribution in [-0.2, 0) is 10.0 Å². The van der Waals surface area contributed by atoms with E-state index in [2.05, 4.69) is 14.9 Å². The van der Waals surface area contributed by atoms with Crippen molar-refractivity contribution >= 4 is 49.1 Å². The molecular weight excluding hydrogens is 458 g/mol. The molecule has 0 aliphatic heterocycles. The van der Waals surface area contributed by atoms with Crippen LogP contribution in [0.3, 0.4) is 0 Å². The minimum Gasteiger partial charge on any atom is -0.506 e. The molecule has 0 saturated carbocycles. The number of rotatable bonds is 5. The fraction of sp³-hybridized carbons (Fsp3) is 0.0833. The van der Waals surface area contributed by atoms with Crippen molar-refractivity contribution in [2.45, 2.75) is 28.5 Å². The monoisotopic (exact) mass is 477 g/mol. The fourth-order valence-electron chi connectivity index (χ4n) is 3.83. The van der Waals surface area contributed by atoms with Crippen molar-refractivity contribution in [1.82, 2.24) is 10.1 Å². The van der Waals surface area contributed by atoms with Gasteiger partial charge in [-0.15, -0.1) is 0 Å². The van der Waals surface area contributed by atoms with E-state index in [0.29, 0.717) is 21.4 Å². The van der Waals surface area contributed by atoms with Gasteiger partial charge in [-0.1, -0.05) is 59.4 Å². The minimum atomic E-state index is -3.97. The number of para-hydroxylation sites is 1. The van der Waals surface area contributed by atoms with Gasteiger partial charge in [0.2, 0.25) is 0 Å². The summed E-state index contributed by atoms with van der Waals surface area (Å²) in [6, 6.07) is 18.4. The van der Waals surface area contributed by atoms with Crippen LogP contribution in [0.4, 0.5) is 5.69 Å². The smallest absolute Gasteiger partial charge is 0.267 e. The van der Waals surface area contributed by atoms with Crippen LogP contribution in [0.25, 0.3) is 21.7 Å². The number of hydrogen-bond acceptors (Lipinski definition) is 7. The first kappa shape index (κ1) is 21.3. The number of sulfonamides is 1. The average Bonchev–Trinajstić information content (AvgIpc) is 3.16. The molecule has 0 atom stereocenters. The first-order valence-corrected chi connectivity index (χ1v) is 12.4. The Morgan fingerprint density at radius 3 is 2.48 bits per heavy atom. The lowest BCUT2D eigenvalue weighted by Gasteiger charge is -2.15. The zero-order valence-corrected chi connectivity index (χ0v) is 19.4. The lowest BCUT2D eigenvalue weighted by Crippen LogP contribution is -2.15. The molecule has 33 heavy (non-hydrogen) atoms. The maximum Gasteiger partial charge on any atom is 0.267 e. The predicted molar refractivity (Wildman–Crippen MR) is 128 cm³/mol. The van der Waals surface area contributed by atoms with Gasteiger partial charge < -0.3 is 9.63 Å². The molecule has 5 rings (SSSR count). The number of benzene rings is 3. The Kier molecular flexibility index (Phi) is 5.22. The van der Waals surface area contributed by atoms with Crippen molar-refractivity contribution < 1.29 is 18.0 Å². The lowest BCUT2D eigenvalue weighted by atomic mass is 10.1. The van der Waals surface area contributed by atoms with E-state index in [1.807, 2.05) is 30.3 Å². The Morgan fingerprint density at radius 1 is 0.970 bits per heavy atom. The number of phenols is 1. The van der Waals surface area contributed by atoms with Gasteiger partial charge in [0, 0.05) is 27.3 Å². The first-order valence-electron chi connectivity index (χ1n) is 10.1. The molecule has 0 aliphatic carbocycles. The number of nitrogens with one attached hydrogen (secondary N) is 1. The third-order valence-corrected chi connectivity index (χ3v) is 7.97. The number of fused-ring (bicyclic) bond motifs is 2. The van der Waals surface area contributed by atoms with Crippen molar-refractivity contribution in [2.24, 2.45) is 0 Å². The van der Waals surface area contributed by atoms with E-state index in [1.54, 1.807) is 50.4 Å². The van der Waals surface area contributed by atoms with Crippen LogP contribution < -0.4 is 4.72 Å². The minimum absolute atomic E-state index is 0.00659. The summed E-state index contributed by atoms with van der Waals surface area (Å²) in [6.07, 6.45) is 1.72. The number of aromatic nitrogens is 2. The average molecular weight is 478 g/mol. The number of anilines is 1. The molecule has 5 aromatic rings. The van der Waals surface area contributed by atoms with Gasteiger partial charge in [-0.25, -0.2) is 8.42 Å². The lowest BCUT2D eigenvalue weighted by molar-refractivity contribution is 0.390. The van der Waals surface area contributed by atoms with Crippen LogP contribution >= 0.6 is 11.8 Å². The van der Waals surface area contributed by atoms with Crippen molar-refractivity contribution in [3.63, 3.8) is 0 Å². The summed E-state index contributed by atoms with van der Waals surface area (Å²) < 4.78 is 34.1. The standard InChI is InChI=1S/C24H19N3O4S2/c1-14-24(15(2)31-26-14)33(29,30)27-19-13-21(23(28)18-10-4-3-9-17(18)19)32-20-11-5-7-16-8-6-12-25-22(16)20/h3-13,27-28H,1-2H3. The number of hydrogen-bond donors (Lipinski definition) is 2. The van der Waals surface area contributed by atoms with Gasteiger partial charge in [-0.2, -0.15) is 0 Å². The molecule has 2 aromatic heterocycles. The second-order valence-corrected chi connectivity index (χ2v) is 10.2. The van der Waals surface area contributed by atoms with Crippen molar-refractivity contribution in [3.8, 4) is 5.75 Å². The Bertz CT molecular complexity index is 1600. The predicted octanol–water partition coefficient (Wildman–Crippen LogP) is 5.65. The van der Waals surface area contributed by atoms with E-state index in [9.17, 15) is 13.5 Å². The van der Waals surface area contributed by atoms with Gasteiger partial charge in [-0.3, -0.25) is 9.71 Å². The molecule has 0 unspecified atom stereocenters. The number of aryl methyl sites for hydroxylation is 2. The second kappa shape index (κ2) is 8.09. The van der Waals surface area contributed by atoms with Crippen LogP contribution in [0.15, 0.2) is 86.1 Å². The first-order chi connectivity index (χ1) is 15.8. The van der Waals surface area contributed by atoms with Gasteiger partial charge in [0.15, 0.2) is 10.7 Å². The zero-order chi connectivity index (χ0) is 23.2. The maximum absolute atomic E-state index is 13.2. The Balaban J connectivity index is 1.65. The third kappa shape index (κ3) is 3.79. The highest BCUT2D eigenvalue weighted by Crippen LogP contribution is 2.44. The number of nitrogens with zero attached hydrogens (tertiary/aromatic N) is 2. The Hall–Kier alpha value is -3.56. The molecule has 0 amide bonds. The van der Waals surface area contributed by atoms with Crippen molar-refractivity contribution in [2.75, 3.05) is 4.72 Å². The summed E-state index contributed by atoms with van der Waals surface area (Å²) in [5, 5.41) is 16.9. The molecular formula is C24H19N3O4S2. The molecule has 7 nitrogen and oxygen atoms in total. The molecule has 2 N–H and O–H groups in total. The number of phenolic OH excluding ortho intramolecular Hbond substituents is 1. The van der Waals surface area contributed by atoms with E-state index < -0.39 is 10.0 Å². The van der Waals surface area contributed by atoms with Crippen LogP contribution in [0.1, 0.15) is 11.5 Å². The fourth-order valence-corrected chi connectivity index (χ4v) is 6.26. The van der Waals surface area contributed by atoms with Crippen LogP contribution in [-0.4, -0.2) is 23.7 Å². The summed E-state index contributed by atoms with van der Waals surface area (Å²) in [7, 11) is -3.97. The maximum atomic E-state index is 13.2. The normalized spacial score (nSPS) is 11.8. The highest BCUT2D eigenvalue weighted by atomic mass is 32.2. The second-order valence-electron chi connectivity index (χ2n) is 7.51. The Morgan fingerprint density at radius 2 is 1.73 bits per heavy atom. The molecule has 0 bridgehead atoms. The number of pyridine rings is 1. The van der Waals surface area contributed by atoms with Crippen LogP contribution in [0, 0.1) is 13.8 Å². The molecule has 0 spiro atoms.